The maximum absolute atomic E-state index is 12.9. The average Bonchev–Trinajstić information content (AvgIpc) is 2.98. The van der Waals surface area contributed by atoms with E-state index in [0.29, 0.717) is 23.6 Å². The average molecular weight is 360 g/mol. The van der Waals surface area contributed by atoms with Crippen LogP contribution in [0.3, 0.4) is 0 Å². The summed E-state index contributed by atoms with van der Waals surface area (Å²) in [5.41, 5.74) is 1.96. The SMILES string of the molecule is CCn1nc(C)c(NC(=O)C(C)n2nc(C(F)F)c(Cl)c2C)c1C. The Morgan fingerprint density at radius 2 is 1.88 bits per heavy atom. The number of halogens is 3. The van der Waals surface area contributed by atoms with Crippen molar-refractivity contribution in [3.8, 4) is 0 Å². The first kappa shape index (κ1) is 18.4. The van der Waals surface area contributed by atoms with Gasteiger partial charge in [-0.15, -0.1) is 0 Å². The molecule has 6 nitrogen and oxygen atoms in total. The summed E-state index contributed by atoms with van der Waals surface area (Å²) >= 11 is 5.88. The molecule has 0 saturated carbocycles. The molecule has 0 radical (unpaired) electrons. The van der Waals surface area contributed by atoms with Crippen molar-refractivity contribution in [2.45, 2.75) is 53.6 Å². The molecule has 1 amide bonds. The molecule has 0 aliphatic heterocycles. The van der Waals surface area contributed by atoms with Gasteiger partial charge in [0.1, 0.15) is 11.7 Å². The van der Waals surface area contributed by atoms with E-state index in [0.717, 1.165) is 5.69 Å². The van der Waals surface area contributed by atoms with Gasteiger partial charge in [-0.05, 0) is 34.6 Å². The Balaban J connectivity index is 2.28. The van der Waals surface area contributed by atoms with Crippen molar-refractivity contribution in [1.29, 1.82) is 0 Å². The number of carbonyl (C=O) groups excluding carboxylic acids is 1. The van der Waals surface area contributed by atoms with Crippen molar-refractivity contribution in [1.82, 2.24) is 19.6 Å². The maximum atomic E-state index is 12.9. The molecule has 2 rings (SSSR count). The molecule has 0 fully saturated rings. The van der Waals surface area contributed by atoms with Gasteiger partial charge in [-0.2, -0.15) is 10.2 Å². The molecule has 2 aromatic heterocycles. The van der Waals surface area contributed by atoms with Crippen molar-refractivity contribution >= 4 is 23.2 Å². The molecule has 0 aliphatic rings. The zero-order chi connectivity index (χ0) is 18.2. The first-order chi connectivity index (χ1) is 11.2. The van der Waals surface area contributed by atoms with E-state index in [-0.39, 0.29) is 10.9 Å². The Labute approximate surface area is 143 Å². The summed E-state index contributed by atoms with van der Waals surface area (Å²) in [7, 11) is 0. The van der Waals surface area contributed by atoms with Crippen LogP contribution in [0, 0.1) is 20.8 Å². The lowest BCUT2D eigenvalue weighted by Crippen LogP contribution is -2.25. The molecule has 2 aromatic rings. The summed E-state index contributed by atoms with van der Waals surface area (Å²) < 4.78 is 28.8. The molecule has 0 aromatic carbocycles. The van der Waals surface area contributed by atoms with Crippen LogP contribution in [-0.2, 0) is 11.3 Å². The molecule has 9 heteroatoms. The van der Waals surface area contributed by atoms with Gasteiger partial charge in [-0.1, -0.05) is 11.6 Å². The number of rotatable bonds is 5. The fourth-order valence-electron chi connectivity index (χ4n) is 2.56. The smallest absolute Gasteiger partial charge is 0.283 e. The van der Waals surface area contributed by atoms with Crippen LogP contribution in [0.1, 0.15) is 49.1 Å². The molecule has 132 valence electrons. The van der Waals surface area contributed by atoms with Crippen LogP contribution in [0.5, 0.6) is 0 Å². The summed E-state index contributed by atoms with van der Waals surface area (Å²) in [6.07, 6.45) is -2.79. The van der Waals surface area contributed by atoms with Crippen LogP contribution >= 0.6 is 11.6 Å². The summed E-state index contributed by atoms with van der Waals surface area (Å²) in [6, 6.07) is -0.793. The topological polar surface area (TPSA) is 64.7 Å². The largest absolute Gasteiger partial charge is 0.321 e. The Kier molecular flexibility index (Phi) is 5.27. The number of anilines is 1. The molecular weight excluding hydrogens is 340 g/mol. The third-order valence-electron chi connectivity index (χ3n) is 3.98. The summed E-state index contributed by atoms with van der Waals surface area (Å²) in [4.78, 5) is 12.5. The van der Waals surface area contributed by atoms with Gasteiger partial charge < -0.3 is 5.32 Å². The normalized spacial score (nSPS) is 12.7. The minimum absolute atomic E-state index is 0.115. The van der Waals surface area contributed by atoms with E-state index >= 15 is 0 Å². The molecule has 0 spiro atoms. The van der Waals surface area contributed by atoms with Crippen LogP contribution < -0.4 is 5.32 Å². The number of hydrogen-bond acceptors (Lipinski definition) is 3. The summed E-state index contributed by atoms with van der Waals surface area (Å²) in [5, 5.41) is 10.8. The molecule has 0 aliphatic carbocycles. The molecule has 1 atom stereocenters. The van der Waals surface area contributed by atoms with Crippen LogP contribution in [0.15, 0.2) is 0 Å². The van der Waals surface area contributed by atoms with E-state index < -0.39 is 18.2 Å². The number of hydrogen-bond donors (Lipinski definition) is 1. The Bertz CT molecular complexity index is 768. The van der Waals surface area contributed by atoms with E-state index in [1.165, 1.54) is 4.68 Å². The van der Waals surface area contributed by atoms with Crippen molar-refractivity contribution in [3.63, 3.8) is 0 Å². The van der Waals surface area contributed by atoms with Gasteiger partial charge in [0.05, 0.1) is 27.8 Å². The fourth-order valence-corrected chi connectivity index (χ4v) is 2.77. The van der Waals surface area contributed by atoms with Gasteiger partial charge in [0, 0.05) is 6.54 Å². The molecule has 1 N–H and O–H groups in total. The molecule has 2 heterocycles. The number of nitrogens with zero attached hydrogens (tertiary/aromatic N) is 4. The molecular formula is C15H20ClF2N5O. The van der Waals surface area contributed by atoms with Crippen LogP contribution in [0.25, 0.3) is 0 Å². The third kappa shape index (κ3) is 3.15. The van der Waals surface area contributed by atoms with Crippen molar-refractivity contribution < 1.29 is 13.6 Å². The number of aromatic nitrogens is 4. The first-order valence-corrected chi connectivity index (χ1v) is 7.94. The highest BCUT2D eigenvalue weighted by molar-refractivity contribution is 6.31. The van der Waals surface area contributed by atoms with Crippen molar-refractivity contribution in [3.05, 3.63) is 27.8 Å². The van der Waals surface area contributed by atoms with Gasteiger partial charge in [-0.25, -0.2) is 8.78 Å². The van der Waals surface area contributed by atoms with Gasteiger partial charge in [0.15, 0.2) is 0 Å². The maximum Gasteiger partial charge on any atom is 0.283 e. The molecule has 0 saturated heterocycles. The van der Waals surface area contributed by atoms with Crippen LogP contribution in [0.2, 0.25) is 5.02 Å². The second-order valence-corrected chi connectivity index (χ2v) is 5.93. The molecule has 0 bridgehead atoms. The Morgan fingerprint density at radius 1 is 1.25 bits per heavy atom. The zero-order valence-corrected chi connectivity index (χ0v) is 14.9. The van der Waals surface area contributed by atoms with Crippen molar-refractivity contribution in [2.24, 2.45) is 0 Å². The Morgan fingerprint density at radius 3 is 2.33 bits per heavy atom. The summed E-state index contributed by atoms with van der Waals surface area (Å²) in [6.45, 7) is 9.42. The predicted octanol–water partition coefficient (Wildman–Crippen LogP) is 3.82. The minimum Gasteiger partial charge on any atom is -0.321 e. The van der Waals surface area contributed by atoms with E-state index in [1.54, 1.807) is 25.5 Å². The quantitative estimate of drug-likeness (QED) is 0.882. The first-order valence-electron chi connectivity index (χ1n) is 7.56. The van der Waals surface area contributed by atoms with Crippen molar-refractivity contribution in [2.75, 3.05) is 5.32 Å². The van der Waals surface area contributed by atoms with Crippen LogP contribution in [0.4, 0.5) is 14.5 Å². The fraction of sp³-hybridized carbons (Fsp3) is 0.533. The number of amides is 1. The zero-order valence-electron chi connectivity index (χ0n) is 14.2. The van der Waals surface area contributed by atoms with E-state index in [4.69, 9.17) is 11.6 Å². The van der Waals surface area contributed by atoms with E-state index in [2.05, 4.69) is 15.5 Å². The third-order valence-corrected chi connectivity index (χ3v) is 4.45. The highest BCUT2D eigenvalue weighted by atomic mass is 35.5. The van der Waals surface area contributed by atoms with Gasteiger partial charge >= 0.3 is 0 Å². The highest BCUT2D eigenvalue weighted by Gasteiger charge is 2.26. The molecule has 1 unspecified atom stereocenters. The summed E-state index contributed by atoms with van der Waals surface area (Å²) in [5.74, 6) is -0.375. The lowest BCUT2D eigenvalue weighted by molar-refractivity contribution is -0.119. The number of nitrogens with one attached hydrogen (secondary N) is 1. The highest BCUT2D eigenvalue weighted by Crippen LogP contribution is 2.30. The Hall–Kier alpha value is -1.96. The molecule has 24 heavy (non-hydrogen) atoms. The van der Waals surface area contributed by atoms with Crippen LogP contribution in [-0.4, -0.2) is 25.5 Å². The van der Waals surface area contributed by atoms with E-state index in [1.807, 2.05) is 13.8 Å². The second kappa shape index (κ2) is 6.88. The number of alkyl halides is 2. The predicted molar refractivity (Wildman–Crippen MR) is 87.6 cm³/mol. The lowest BCUT2D eigenvalue weighted by Gasteiger charge is -2.15. The van der Waals surface area contributed by atoms with Gasteiger partial charge in [-0.3, -0.25) is 14.2 Å². The standard InChI is InChI=1S/C15H20ClF2N5O/c1-6-22-9(4)12(7(2)20-22)19-15(24)10(5)23-8(3)11(16)13(21-23)14(17)18/h10,14H,6H2,1-5H3,(H,19,24). The van der Waals surface area contributed by atoms with E-state index in [9.17, 15) is 13.6 Å². The second-order valence-electron chi connectivity index (χ2n) is 5.56. The lowest BCUT2D eigenvalue weighted by atomic mass is 10.2. The van der Waals surface area contributed by atoms with Gasteiger partial charge in [0.2, 0.25) is 5.91 Å². The monoisotopic (exact) mass is 359 g/mol. The number of aryl methyl sites for hydroxylation is 2. The minimum atomic E-state index is -2.79. The van der Waals surface area contributed by atoms with Gasteiger partial charge in [0.25, 0.3) is 6.43 Å². The number of carbonyl (C=O) groups is 1.